The van der Waals surface area contributed by atoms with Crippen LogP contribution in [0, 0.1) is 6.92 Å². The monoisotopic (exact) mass is 297 g/mol. The lowest BCUT2D eigenvalue weighted by atomic mass is 9.95. The van der Waals surface area contributed by atoms with Gasteiger partial charge in [-0.25, -0.2) is 4.79 Å². The van der Waals surface area contributed by atoms with Crippen LogP contribution < -0.4 is 5.32 Å². The summed E-state index contributed by atoms with van der Waals surface area (Å²) >= 11 is 5.91. The molecule has 1 amide bonds. The molecule has 1 atom stereocenters. The molecule has 0 aliphatic carbocycles. The summed E-state index contributed by atoms with van der Waals surface area (Å²) in [5.41, 5.74) is 0.231. The van der Waals surface area contributed by atoms with Crippen LogP contribution in [-0.2, 0) is 9.53 Å². The Morgan fingerprint density at radius 3 is 2.60 bits per heavy atom. The van der Waals surface area contributed by atoms with E-state index in [2.05, 4.69) is 5.32 Å². The quantitative estimate of drug-likeness (QED) is 0.850. The number of methoxy groups -OCH3 is 1. The number of benzene rings is 1. The van der Waals surface area contributed by atoms with Crippen molar-refractivity contribution in [2.45, 2.75) is 39.2 Å². The molecule has 0 fully saturated rings. The third-order valence-corrected chi connectivity index (χ3v) is 3.45. The van der Waals surface area contributed by atoms with Crippen molar-refractivity contribution in [3.8, 4) is 0 Å². The van der Waals surface area contributed by atoms with Gasteiger partial charge < -0.3 is 10.1 Å². The number of carbonyl (C=O) groups is 2. The minimum absolute atomic E-state index is 0.327. The first-order chi connectivity index (χ1) is 9.34. The molecule has 0 radical (unpaired) electrons. The minimum atomic E-state index is -1.03. The van der Waals surface area contributed by atoms with Gasteiger partial charge in [-0.15, -0.1) is 0 Å². The fourth-order valence-electron chi connectivity index (χ4n) is 2.10. The summed E-state index contributed by atoms with van der Waals surface area (Å²) in [7, 11) is 1.31. The molecule has 1 rings (SSSR count). The zero-order valence-corrected chi connectivity index (χ0v) is 13.0. The number of ether oxygens (including phenoxy) is 1. The molecule has 1 unspecified atom stereocenters. The Morgan fingerprint density at radius 2 is 2.05 bits per heavy atom. The van der Waals surface area contributed by atoms with Gasteiger partial charge in [0.2, 0.25) is 0 Å². The normalized spacial score (nSPS) is 13.4. The maximum Gasteiger partial charge on any atom is 0.331 e. The van der Waals surface area contributed by atoms with Crippen LogP contribution in [-0.4, -0.2) is 24.5 Å². The van der Waals surface area contributed by atoms with Crippen molar-refractivity contribution >= 4 is 23.5 Å². The molecule has 0 aliphatic heterocycles. The molecule has 4 nitrogen and oxygen atoms in total. The van der Waals surface area contributed by atoms with Crippen molar-refractivity contribution in [3.63, 3.8) is 0 Å². The average Bonchev–Trinajstić information content (AvgIpc) is 2.40. The van der Waals surface area contributed by atoms with Gasteiger partial charge in [-0.05, 0) is 38.0 Å². The second-order valence-corrected chi connectivity index (χ2v) is 5.42. The number of carbonyl (C=O) groups excluding carboxylic acids is 2. The van der Waals surface area contributed by atoms with E-state index in [1.54, 1.807) is 25.1 Å². The molecule has 0 spiro atoms. The van der Waals surface area contributed by atoms with Gasteiger partial charge in [0.05, 0.1) is 7.11 Å². The summed E-state index contributed by atoms with van der Waals surface area (Å²) in [6, 6.07) is 5.08. The number of halogens is 1. The number of hydrogen-bond acceptors (Lipinski definition) is 3. The Labute approximate surface area is 124 Å². The molecule has 0 aromatic heterocycles. The molecular formula is C15H20ClNO3. The maximum absolute atomic E-state index is 12.4. The van der Waals surface area contributed by atoms with E-state index in [1.165, 1.54) is 7.11 Å². The lowest BCUT2D eigenvalue weighted by molar-refractivity contribution is -0.147. The Kier molecular flexibility index (Phi) is 5.57. The van der Waals surface area contributed by atoms with Gasteiger partial charge in [0.25, 0.3) is 5.91 Å². The van der Waals surface area contributed by atoms with Gasteiger partial charge in [-0.3, -0.25) is 4.79 Å². The van der Waals surface area contributed by atoms with E-state index in [1.807, 2.05) is 13.8 Å². The van der Waals surface area contributed by atoms with E-state index >= 15 is 0 Å². The van der Waals surface area contributed by atoms with Gasteiger partial charge >= 0.3 is 5.97 Å². The van der Waals surface area contributed by atoms with Crippen LogP contribution in [0.25, 0.3) is 0 Å². The highest BCUT2D eigenvalue weighted by Gasteiger charge is 2.35. The molecular weight excluding hydrogens is 278 g/mol. The molecule has 5 heteroatoms. The van der Waals surface area contributed by atoms with E-state index in [0.29, 0.717) is 17.0 Å². The first-order valence-electron chi connectivity index (χ1n) is 6.51. The Bertz CT molecular complexity index is 516. The number of rotatable bonds is 5. The summed E-state index contributed by atoms with van der Waals surface area (Å²) in [5, 5.41) is 3.24. The summed E-state index contributed by atoms with van der Waals surface area (Å²) < 4.78 is 4.78. The number of nitrogens with one attached hydrogen (secondary N) is 1. The van der Waals surface area contributed by atoms with Crippen LogP contribution in [0.15, 0.2) is 18.2 Å². The lowest BCUT2D eigenvalue weighted by Crippen LogP contribution is -2.52. The molecule has 0 saturated heterocycles. The predicted octanol–water partition coefficient (Wildman–Crippen LogP) is 3.11. The van der Waals surface area contributed by atoms with Crippen molar-refractivity contribution in [1.29, 1.82) is 0 Å². The molecule has 1 aromatic rings. The SMILES string of the molecule is CCCC(C)(NC(=O)c1cc(Cl)ccc1C)C(=O)OC. The highest BCUT2D eigenvalue weighted by molar-refractivity contribution is 6.31. The zero-order chi connectivity index (χ0) is 15.3. The molecule has 1 aromatic carbocycles. The number of hydrogen-bond donors (Lipinski definition) is 1. The Morgan fingerprint density at radius 1 is 1.40 bits per heavy atom. The standard InChI is InChI=1S/C15H20ClNO3/c1-5-8-15(3,14(19)20-4)17-13(18)12-9-11(16)7-6-10(12)2/h6-7,9H,5,8H2,1-4H3,(H,17,18). The molecule has 20 heavy (non-hydrogen) atoms. The highest BCUT2D eigenvalue weighted by Crippen LogP contribution is 2.19. The topological polar surface area (TPSA) is 55.4 Å². The molecule has 0 heterocycles. The van der Waals surface area contributed by atoms with Crippen LogP contribution in [0.3, 0.4) is 0 Å². The van der Waals surface area contributed by atoms with Gasteiger partial charge in [0.15, 0.2) is 0 Å². The van der Waals surface area contributed by atoms with Gasteiger partial charge in [-0.2, -0.15) is 0 Å². The van der Waals surface area contributed by atoms with Gasteiger partial charge in [-0.1, -0.05) is 31.0 Å². The third-order valence-electron chi connectivity index (χ3n) is 3.22. The average molecular weight is 298 g/mol. The number of amides is 1. The number of esters is 1. The van der Waals surface area contributed by atoms with Crippen LogP contribution >= 0.6 is 11.6 Å². The van der Waals surface area contributed by atoms with Crippen molar-refractivity contribution < 1.29 is 14.3 Å². The van der Waals surface area contributed by atoms with Gasteiger partial charge in [0.1, 0.15) is 5.54 Å². The zero-order valence-electron chi connectivity index (χ0n) is 12.2. The van der Waals surface area contributed by atoms with E-state index in [9.17, 15) is 9.59 Å². The third kappa shape index (κ3) is 3.73. The molecule has 0 aliphatic rings. The van der Waals surface area contributed by atoms with E-state index in [0.717, 1.165) is 12.0 Å². The van der Waals surface area contributed by atoms with Crippen molar-refractivity contribution in [2.24, 2.45) is 0 Å². The molecule has 1 N–H and O–H groups in total. The second kappa shape index (κ2) is 6.75. The summed E-state index contributed by atoms with van der Waals surface area (Å²) in [5.74, 6) is -0.779. The van der Waals surface area contributed by atoms with E-state index in [-0.39, 0.29) is 5.91 Å². The predicted molar refractivity (Wildman–Crippen MR) is 79.0 cm³/mol. The number of aryl methyl sites for hydroxylation is 1. The summed E-state index contributed by atoms with van der Waals surface area (Å²) in [4.78, 5) is 24.2. The van der Waals surface area contributed by atoms with Gasteiger partial charge in [0, 0.05) is 10.6 Å². The molecule has 0 saturated carbocycles. The molecule has 0 bridgehead atoms. The van der Waals surface area contributed by atoms with Crippen LogP contribution in [0.2, 0.25) is 5.02 Å². The maximum atomic E-state index is 12.4. The van der Waals surface area contributed by atoms with Crippen LogP contribution in [0.1, 0.15) is 42.6 Å². The minimum Gasteiger partial charge on any atom is -0.467 e. The first kappa shape index (κ1) is 16.5. The van der Waals surface area contributed by atoms with Crippen LogP contribution in [0.4, 0.5) is 0 Å². The van der Waals surface area contributed by atoms with Crippen molar-refractivity contribution in [1.82, 2.24) is 5.32 Å². The largest absolute Gasteiger partial charge is 0.467 e. The van der Waals surface area contributed by atoms with Crippen molar-refractivity contribution in [2.75, 3.05) is 7.11 Å². The molecule has 110 valence electrons. The van der Waals surface area contributed by atoms with Crippen molar-refractivity contribution in [3.05, 3.63) is 34.3 Å². The Balaban J connectivity index is 3.02. The summed E-state index contributed by atoms with van der Waals surface area (Å²) in [6.07, 6.45) is 1.26. The summed E-state index contributed by atoms with van der Waals surface area (Å²) in [6.45, 7) is 5.43. The second-order valence-electron chi connectivity index (χ2n) is 4.99. The lowest BCUT2D eigenvalue weighted by Gasteiger charge is -2.27. The van der Waals surface area contributed by atoms with Crippen LogP contribution in [0.5, 0.6) is 0 Å². The van der Waals surface area contributed by atoms with E-state index < -0.39 is 11.5 Å². The van der Waals surface area contributed by atoms with E-state index in [4.69, 9.17) is 16.3 Å². The smallest absolute Gasteiger partial charge is 0.331 e. The Hall–Kier alpha value is -1.55. The highest BCUT2D eigenvalue weighted by atomic mass is 35.5. The fourth-order valence-corrected chi connectivity index (χ4v) is 2.27. The fraction of sp³-hybridized carbons (Fsp3) is 0.467. The first-order valence-corrected chi connectivity index (χ1v) is 6.89.